The fraction of sp³-hybridized carbons (Fsp3) is 0.375. The smallest absolute Gasteiger partial charge is 0.256 e. The summed E-state index contributed by atoms with van der Waals surface area (Å²) in [6, 6.07) is 7.66. The van der Waals surface area contributed by atoms with E-state index in [0.717, 1.165) is 31.3 Å². The number of nitrogens with one attached hydrogen (secondary N) is 1. The first-order valence-corrected chi connectivity index (χ1v) is 7.58. The molecule has 2 aromatic rings. The third kappa shape index (κ3) is 2.74. The second kappa shape index (κ2) is 6.00. The number of hydrogen-bond donors (Lipinski definition) is 1. The second-order valence-electron chi connectivity index (χ2n) is 5.37. The lowest BCUT2D eigenvalue weighted by atomic mass is 10.0. The summed E-state index contributed by atoms with van der Waals surface area (Å²) in [4.78, 5) is 19.1. The van der Waals surface area contributed by atoms with Crippen LogP contribution in [0.15, 0.2) is 30.5 Å². The lowest BCUT2D eigenvalue weighted by Gasteiger charge is -2.32. The molecule has 1 atom stereocenters. The summed E-state index contributed by atoms with van der Waals surface area (Å²) in [7, 11) is 1.94. The largest absolute Gasteiger partial charge is 0.337 e. The number of rotatable bonds is 2. The van der Waals surface area contributed by atoms with Gasteiger partial charge in [-0.05, 0) is 44.2 Å². The van der Waals surface area contributed by atoms with Gasteiger partial charge in [0.1, 0.15) is 0 Å². The van der Waals surface area contributed by atoms with Gasteiger partial charge in [0.05, 0.1) is 16.1 Å². The molecule has 0 spiro atoms. The van der Waals surface area contributed by atoms with Crippen LogP contribution in [0, 0.1) is 0 Å². The Hall–Kier alpha value is -1.65. The van der Waals surface area contributed by atoms with Crippen LogP contribution in [-0.4, -0.2) is 42.0 Å². The minimum absolute atomic E-state index is 0.0373. The van der Waals surface area contributed by atoms with Crippen LogP contribution in [0.3, 0.4) is 0 Å². The van der Waals surface area contributed by atoms with Crippen LogP contribution in [0.1, 0.15) is 23.2 Å². The van der Waals surface area contributed by atoms with Gasteiger partial charge in [-0.2, -0.15) is 0 Å². The van der Waals surface area contributed by atoms with Crippen LogP contribution in [0.5, 0.6) is 0 Å². The zero-order valence-electron chi connectivity index (χ0n) is 12.0. The van der Waals surface area contributed by atoms with Gasteiger partial charge >= 0.3 is 0 Å². The Balaban J connectivity index is 1.96. The van der Waals surface area contributed by atoms with Crippen LogP contribution in [0.4, 0.5) is 0 Å². The zero-order chi connectivity index (χ0) is 14.8. The number of fused-ring (bicyclic) bond motifs is 1. The predicted molar refractivity (Wildman–Crippen MR) is 84.7 cm³/mol. The number of benzene rings is 1. The number of piperidine rings is 1. The Morgan fingerprint density at radius 1 is 1.43 bits per heavy atom. The molecule has 21 heavy (non-hydrogen) atoms. The molecule has 2 heterocycles. The highest BCUT2D eigenvalue weighted by atomic mass is 35.5. The highest BCUT2D eigenvalue weighted by molar-refractivity contribution is 6.36. The number of likely N-dealkylation sites (N-methyl/N-ethyl adjacent to an activating group) is 1. The van der Waals surface area contributed by atoms with E-state index in [1.54, 1.807) is 18.3 Å². The molecule has 3 rings (SSSR count). The van der Waals surface area contributed by atoms with E-state index in [2.05, 4.69) is 10.3 Å². The highest BCUT2D eigenvalue weighted by Crippen LogP contribution is 2.26. The molecule has 1 saturated heterocycles. The van der Waals surface area contributed by atoms with Crippen molar-refractivity contribution in [3.63, 3.8) is 0 Å². The molecule has 1 unspecified atom stereocenters. The first-order chi connectivity index (χ1) is 10.2. The van der Waals surface area contributed by atoms with E-state index in [4.69, 9.17) is 11.6 Å². The van der Waals surface area contributed by atoms with Crippen molar-refractivity contribution in [2.24, 2.45) is 0 Å². The summed E-state index contributed by atoms with van der Waals surface area (Å²) in [6.45, 7) is 1.54. The fourth-order valence-electron chi connectivity index (χ4n) is 2.88. The summed E-state index contributed by atoms with van der Waals surface area (Å²) in [5.41, 5.74) is 1.31. The van der Waals surface area contributed by atoms with E-state index in [1.165, 1.54) is 0 Å². The molecule has 0 aliphatic carbocycles. The molecule has 1 fully saturated rings. The van der Waals surface area contributed by atoms with Crippen LogP contribution in [-0.2, 0) is 0 Å². The van der Waals surface area contributed by atoms with Gasteiger partial charge in [0.15, 0.2) is 0 Å². The molecule has 0 bridgehead atoms. The molecular formula is C16H18ClN3O. The minimum Gasteiger partial charge on any atom is -0.337 e. The second-order valence-corrected chi connectivity index (χ2v) is 5.78. The molecule has 0 saturated carbocycles. The van der Waals surface area contributed by atoms with Gasteiger partial charge in [0.25, 0.3) is 5.91 Å². The maximum Gasteiger partial charge on any atom is 0.256 e. The molecule has 4 nitrogen and oxygen atoms in total. The number of nitrogens with zero attached hydrogens (tertiary/aromatic N) is 2. The van der Waals surface area contributed by atoms with E-state index in [9.17, 15) is 4.79 Å². The SMILES string of the molecule is CNC1CCCN(C(=O)c2ccc(Cl)c3cccnc23)C1. The number of pyridine rings is 1. The average Bonchev–Trinajstić information content (AvgIpc) is 2.55. The topological polar surface area (TPSA) is 45.2 Å². The molecule has 1 aliphatic rings. The predicted octanol–water partition coefficient (Wildman–Crippen LogP) is 2.71. The standard InChI is InChI=1S/C16H18ClN3O/c1-18-11-4-3-9-20(10-11)16(21)13-6-7-14(17)12-5-2-8-19-15(12)13/h2,5-8,11,18H,3-4,9-10H2,1H3. The van der Waals surface area contributed by atoms with Crippen LogP contribution >= 0.6 is 11.6 Å². The van der Waals surface area contributed by atoms with Crippen molar-refractivity contribution in [1.29, 1.82) is 0 Å². The van der Waals surface area contributed by atoms with E-state index in [1.807, 2.05) is 24.1 Å². The van der Waals surface area contributed by atoms with Gasteiger partial charge in [-0.25, -0.2) is 0 Å². The Bertz CT molecular complexity index is 674. The average molecular weight is 304 g/mol. The van der Waals surface area contributed by atoms with Gasteiger partial charge in [-0.15, -0.1) is 0 Å². The van der Waals surface area contributed by atoms with Crippen LogP contribution < -0.4 is 5.32 Å². The number of carbonyl (C=O) groups is 1. The minimum atomic E-state index is 0.0373. The molecule has 1 N–H and O–H groups in total. The monoisotopic (exact) mass is 303 g/mol. The van der Waals surface area contributed by atoms with Crippen molar-refractivity contribution < 1.29 is 4.79 Å². The number of amides is 1. The lowest BCUT2D eigenvalue weighted by molar-refractivity contribution is 0.0700. The van der Waals surface area contributed by atoms with Crippen molar-refractivity contribution in [3.8, 4) is 0 Å². The Morgan fingerprint density at radius 2 is 2.29 bits per heavy atom. The molecular weight excluding hydrogens is 286 g/mol. The van der Waals surface area contributed by atoms with E-state index in [-0.39, 0.29) is 5.91 Å². The van der Waals surface area contributed by atoms with E-state index >= 15 is 0 Å². The van der Waals surface area contributed by atoms with Crippen LogP contribution in [0.2, 0.25) is 5.02 Å². The number of aromatic nitrogens is 1. The van der Waals surface area contributed by atoms with Gasteiger partial charge in [0.2, 0.25) is 0 Å². The molecule has 1 aromatic heterocycles. The first-order valence-electron chi connectivity index (χ1n) is 7.20. The van der Waals surface area contributed by atoms with Crippen LogP contribution in [0.25, 0.3) is 10.9 Å². The molecule has 1 amide bonds. The quantitative estimate of drug-likeness (QED) is 0.928. The molecule has 110 valence electrons. The number of likely N-dealkylation sites (tertiary alicyclic amines) is 1. The summed E-state index contributed by atoms with van der Waals surface area (Å²) < 4.78 is 0. The number of hydrogen-bond acceptors (Lipinski definition) is 3. The van der Waals surface area contributed by atoms with Crippen molar-refractivity contribution in [2.75, 3.05) is 20.1 Å². The van der Waals surface area contributed by atoms with Gasteiger partial charge < -0.3 is 10.2 Å². The molecule has 1 aliphatic heterocycles. The van der Waals surface area contributed by atoms with Crippen molar-refractivity contribution in [3.05, 3.63) is 41.0 Å². The fourth-order valence-corrected chi connectivity index (χ4v) is 3.09. The van der Waals surface area contributed by atoms with E-state index in [0.29, 0.717) is 22.1 Å². The summed E-state index contributed by atoms with van der Waals surface area (Å²) in [5, 5.41) is 4.71. The normalized spacial score (nSPS) is 19.0. The summed E-state index contributed by atoms with van der Waals surface area (Å²) >= 11 is 6.19. The third-order valence-corrected chi connectivity index (χ3v) is 4.39. The summed E-state index contributed by atoms with van der Waals surface area (Å²) in [5.74, 6) is 0.0373. The Kier molecular flexibility index (Phi) is 4.08. The molecule has 0 radical (unpaired) electrons. The van der Waals surface area contributed by atoms with Gasteiger partial charge in [-0.3, -0.25) is 9.78 Å². The maximum absolute atomic E-state index is 12.8. The summed E-state index contributed by atoms with van der Waals surface area (Å²) in [6.07, 6.45) is 3.83. The lowest BCUT2D eigenvalue weighted by Crippen LogP contribution is -2.47. The Morgan fingerprint density at radius 3 is 3.10 bits per heavy atom. The number of carbonyl (C=O) groups excluding carboxylic acids is 1. The van der Waals surface area contributed by atoms with Gasteiger partial charge in [-0.1, -0.05) is 11.6 Å². The molecule has 5 heteroatoms. The third-order valence-electron chi connectivity index (χ3n) is 4.06. The van der Waals surface area contributed by atoms with Crippen molar-refractivity contribution >= 4 is 28.4 Å². The molecule has 1 aromatic carbocycles. The number of halogens is 1. The maximum atomic E-state index is 12.8. The first kappa shape index (κ1) is 14.3. The van der Waals surface area contributed by atoms with Gasteiger partial charge in [0, 0.05) is 30.7 Å². The van der Waals surface area contributed by atoms with Crippen molar-refractivity contribution in [2.45, 2.75) is 18.9 Å². The zero-order valence-corrected chi connectivity index (χ0v) is 12.7. The highest BCUT2D eigenvalue weighted by Gasteiger charge is 2.25. The van der Waals surface area contributed by atoms with E-state index < -0.39 is 0 Å². The van der Waals surface area contributed by atoms with Crippen molar-refractivity contribution in [1.82, 2.24) is 15.2 Å². The Labute approximate surface area is 129 Å².